The first-order valence-corrected chi connectivity index (χ1v) is 12.9. The van der Waals surface area contributed by atoms with Crippen molar-refractivity contribution >= 4 is 55.7 Å². The number of benzene rings is 2. The first-order chi connectivity index (χ1) is 16.9. The minimum atomic E-state index is -0.329. The van der Waals surface area contributed by atoms with Crippen LogP contribution in [0, 0.1) is 0 Å². The molecule has 1 aliphatic rings. The fraction of sp³-hybridized carbons (Fsp3) is 0.231. The smallest absolute Gasteiger partial charge is 0.410 e. The maximum absolute atomic E-state index is 13.1. The van der Waals surface area contributed by atoms with Crippen LogP contribution in [-0.4, -0.2) is 40.8 Å². The number of Topliss-reactive ketones (excluding diaryl/α,β-unsaturated/α-hetero) is 1. The zero-order chi connectivity index (χ0) is 24.5. The lowest BCUT2D eigenvalue weighted by atomic mass is 10.0. The number of fused-ring (bicyclic) bond motifs is 2. The van der Waals surface area contributed by atoms with E-state index in [1.165, 1.54) is 18.3 Å². The van der Waals surface area contributed by atoms with Crippen molar-refractivity contribution in [2.75, 3.05) is 18.5 Å². The largest absolute Gasteiger partial charge is 0.450 e. The van der Waals surface area contributed by atoms with Gasteiger partial charge in [-0.3, -0.25) is 9.59 Å². The van der Waals surface area contributed by atoms with Crippen LogP contribution in [0.5, 0.6) is 0 Å². The van der Waals surface area contributed by atoms with Crippen molar-refractivity contribution < 1.29 is 19.1 Å². The van der Waals surface area contributed by atoms with Crippen LogP contribution in [0.4, 0.5) is 9.80 Å². The molecule has 7 nitrogen and oxygen atoms in total. The molecule has 0 radical (unpaired) electrons. The molecule has 0 aliphatic carbocycles. The van der Waals surface area contributed by atoms with Crippen molar-refractivity contribution in [1.82, 2.24) is 9.88 Å². The average Bonchev–Trinajstić information content (AvgIpc) is 3.44. The lowest BCUT2D eigenvalue weighted by molar-refractivity contribution is 0.100. The Balaban J connectivity index is 1.52. The van der Waals surface area contributed by atoms with Crippen LogP contribution in [0.3, 0.4) is 0 Å². The topological polar surface area (TPSA) is 88.6 Å². The summed E-state index contributed by atoms with van der Waals surface area (Å²) in [5.41, 5.74) is 3.96. The predicted octanol–water partition coefficient (Wildman–Crippen LogP) is 5.99. The van der Waals surface area contributed by atoms with Gasteiger partial charge in [-0.25, -0.2) is 9.78 Å². The van der Waals surface area contributed by atoms with Gasteiger partial charge >= 0.3 is 6.09 Å². The van der Waals surface area contributed by atoms with E-state index in [-0.39, 0.29) is 17.8 Å². The summed E-state index contributed by atoms with van der Waals surface area (Å²) in [5.74, 6) is -0.310. The molecule has 5 rings (SSSR count). The van der Waals surface area contributed by atoms with Crippen molar-refractivity contribution in [2.45, 2.75) is 26.8 Å². The van der Waals surface area contributed by atoms with E-state index in [0.717, 1.165) is 31.2 Å². The fourth-order valence-electron chi connectivity index (χ4n) is 4.10. The first kappa shape index (κ1) is 23.2. The molecular weight excluding hydrogens is 482 g/mol. The van der Waals surface area contributed by atoms with Gasteiger partial charge in [0.2, 0.25) is 0 Å². The summed E-state index contributed by atoms with van der Waals surface area (Å²) in [7, 11) is 0. The Kier molecular flexibility index (Phi) is 6.36. The van der Waals surface area contributed by atoms with Crippen molar-refractivity contribution in [1.29, 1.82) is 0 Å². The summed E-state index contributed by atoms with van der Waals surface area (Å²) in [5, 5.41) is 4.62. The number of carbonyl (C=O) groups excluding carboxylic acids is 3. The normalized spacial score (nSPS) is 12.9. The number of hydrogen-bond donors (Lipinski definition) is 1. The average molecular weight is 506 g/mol. The monoisotopic (exact) mass is 505 g/mol. The summed E-state index contributed by atoms with van der Waals surface area (Å²) >= 11 is 3.05. The van der Waals surface area contributed by atoms with Crippen molar-refractivity contribution in [3.8, 4) is 10.6 Å². The number of aromatic nitrogens is 1. The summed E-state index contributed by atoms with van der Waals surface area (Å²) in [6, 6.07) is 14.6. The number of amides is 2. The van der Waals surface area contributed by atoms with E-state index in [1.54, 1.807) is 47.4 Å². The van der Waals surface area contributed by atoms with Gasteiger partial charge in [0, 0.05) is 28.1 Å². The number of ether oxygens (including phenoxy) is 1. The number of rotatable bonds is 5. The van der Waals surface area contributed by atoms with Crippen LogP contribution in [0.2, 0.25) is 0 Å². The van der Waals surface area contributed by atoms with Crippen LogP contribution >= 0.6 is 22.7 Å². The second kappa shape index (κ2) is 9.59. The number of thiazole rings is 1. The molecule has 2 amide bonds. The Morgan fingerprint density at radius 3 is 2.51 bits per heavy atom. The highest BCUT2D eigenvalue weighted by molar-refractivity contribution is 7.23. The van der Waals surface area contributed by atoms with Gasteiger partial charge in [-0.2, -0.15) is 0 Å². The SMILES string of the molecule is CCOC(=O)N1CCc2c(sc(NC(=O)c3ccc(C(C)=O)cc3)c2-c2nc3ccccc3s2)C1. The van der Waals surface area contributed by atoms with Gasteiger partial charge in [-0.15, -0.1) is 22.7 Å². The number of thiophene rings is 1. The molecule has 3 heterocycles. The van der Waals surface area contributed by atoms with Gasteiger partial charge in [-0.1, -0.05) is 24.3 Å². The number of nitrogens with one attached hydrogen (secondary N) is 1. The number of carbonyl (C=O) groups is 3. The number of nitrogens with zero attached hydrogens (tertiary/aromatic N) is 2. The van der Waals surface area contributed by atoms with Crippen molar-refractivity contribution in [3.05, 3.63) is 70.1 Å². The molecule has 0 saturated heterocycles. The van der Waals surface area contributed by atoms with Gasteiger partial charge in [0.05, 0.1) is 23.4 Å². The van der Waals surface area contributed by atoms with Gasteiger partial charge < -0.3 is 15.0 Å². The summed E-state index contributed by atoms with van der Waals surface area (Å²) < 4.78 is 6.27. The van der Waals surface area contributed by atoms with Crippen LogP contribution in [0.15, 0.2) is 48.5 Å². The molecule has 35 heavy (non-hydrogen) atoms. The van der Waals surface area contributed by atoms with E-state index in [4.69, 9.17) is 9.72 Å². The van der Waals surface area contributed by atoms with Crippen molar-refractivity contribution in [3.63, 3.8) is 0 Å². The third-order valence-corrected chi connectivity index (χ3v) is 8.06. The van der Waals surface area contributed by atoms with E-state index >= 15 is 0 Å². The maximum atomic E-state index is 13.1. The Morgan fingerprint density at radius 2 is 1.80 bits per heavy atom. The molecule has 0 spiro atoms. The van der Waals surface area contributed by atoms with Crippen molar-refractivity contribution in [2.24, 2.45) is 0 Å². The van der Waals surface area contributed by atoms with Gasteiger partial charge in [0.1, 0.15) is 10.0 Å². The standard InChI is InChI=1S/C26H23N3O4S2/c1-3-33-26(32)29-13-12-18-21(14-29)35-25(22(18)24-27-19-6-4-5-7-20(19)34-24)28-23(31)17-10-8-16(9-11-17)15(2)30/h4-11H,3,12-14H2,1-2H3,(H,28,31). The molecule has 0 atom stereocenters. The number of anilines is 1. The van der Waals surface area contributed by atoms with Gasteiger partial charge in [0.25, 0.3) is 5.91 Å². The fourth-order valence-corrected chi connectivity index (χ4v) is 6.47. The molecular formula is C26H23N3O4S2. The molecule has 1 N–H and O–H groups in total. The minimum absolute atomic E-state index is 0.0489. The van der Waals surface area contributed by atoms with Gasteiger partial charge in [0.15, 0.2) is 5.78 Å². The second-order valence-electron chi connectivity index (χ2n) is 8.15. The van der Waals surface area contributed by atoms with Crippen LogP contribution < -0.4 is 5.32 Å². The molecule has 9 heteroatoms. The van der Waals surface area contributed by atoms with E-state index in [2.05, 4.69) is 5.32 Å². The highest BCUT2D eigenvalue weighted by atomic mass is 32.1. The maximum Gasteiger partial charge on any atom is 0.410 e. The predicted molar refractivity (Wildman–Crippen MR) is 138 cm³/mol. The lowest BCUT2D eigenvalue weighted by Crippen LogP contribution is -2.35. The van der Waals surface area contributed by atoms with Crippen LogP contribution in [0.1, 0.15) is 45.0 Å². The highest BCUT2D eigenvalue weighted by Gasteiger charge is 2.30. The third-order valence-electron chi connectivity index (χ3n) is 5.87. The quantitative estimate of drug-likeness (QED) is 0.336. The van der Waals surface area contributed by atoms with E-state index < -0.39 is 0 Å². The summed E-state index contributed by atoms with van der Waals surface area (Å²) in [4.78, 5) is 44.6. The number of para-hydroxylation sites is 1. The molecule has 2 aromatic heterocycles. The van der Waals surface area contributed by atoms with Gasteiger partial charge in [-0.05, 0) is 50.1 Å². The summed E-state index contributed by atoms with van der Waals surface area (Å²) in [6.45, 7) is 4.59. The Morgan fingerprint density at radius 1 is 1.06 bits per heavy atom. The van der Waals surface area contributed by atoms with E-state index in [0.29, 0.717) is 42.2 Å². The molecule has 0 unspecified atom stereocenters. The zero-order valence-corrected chi connectivity index (χ0v) is 20.9. The highest BCUT2D eigenvalue weighted by Crippen LogP contribution is 2.45. The van der Waals surface area contributed by atoms with Crippen LogP contribution in [-0.2, 0) is 17.7 Å². The Hall–Kier alpha value is -3.56. The number of ketones is 1. The minimum Gasteiger partial charge on any atom is -0.450 e. The van der Waals surface area contributed by atoms with Crippen LogP contribution in [0.25, 0.3) is 20.8 Å². The lowest BCUT2D eigenvalue weighted by Gasteiger charge is -2.26. The molecule has 2 aromatic carbocycles. The summed E-state index contributed by atoms with van der Waals surface area (Å²) in [6.07, 6.45) is 0.322. The molecule has 4 aromatic rings. The molecule has 0 saturated carbocycles. The third kappa shape index (κ3) is 4.56. The number of hydrogen-bond acceptors (Lipinski definition) is 7. The molecule has 0 bridgehead atoms. The zero-order valence-electron chi connectivity index (χ0n) is 19.3. The Labute approximate surface area is 210 Å². The molecule has 1 aliphatic heterocycles. The molecule has 0 fully saturated rings. The molecule has 178 valence electrons. The van der Waals surface area contributed by atoms with E-state index in [1.807, 2.05) is 24.3 Å². The Bertz CT molecular complexity index is 1410. The van der Waals surface area contributed by atoms with E-state index in [9.17, 15) is 14.4 Å². The first-order valence-electron chi connectivity index (χ1n) is 11.3. The second-order valence-corrected chi connectivity index (χ2v) is 10.3.